The molecule has 0 saturated carbocycles. The molecule has 0 radical (unpaired) electrons. The Morgan fingerprint density at radius 3 is 2.27 bits per heavy atom. The number of carbonyl (C=O) groups is 1. The molecule has 0 aliphatic heterocycles. The van der Waals surface area contributed by atoms with Gasteiger partial charge in [0.25, 0.3) is 0 Å². The number of ether oxygens (including phenoxy) is 1. The minimum Gasteiger partial charge on any atom is -0.454 e. The largest absolute Gasteiger partial charge is 0.454 e. The minimum absolute atomic E-state index is 0.640. The molecule has 2 aromatic carbocycles. The van der Waals surface area contributed by atoms with Gasteiger partial charge in [-0.3, -0.25) is 9.10 Å². The molecule has 0 aliphatic rings. The first-order valence-electron chi connectivity index (χ1n) is 8.48. The molecule has 0 atom stereocenters. The molecule has 0 N–H and O–H groups in total. The summed E-state index contributed by atoms with van der Waals surface area (Å²) >= 11 is 1.54. The Morgan fingerprint density at radius 1 is 1.00 bits per heavy atom. The van der Waals surface area contributed by atoms with E-state index in [-0.39, 0.29) is 0 Å². The van der Waals surface area contributed by atoms with Crippen LogP contribution in [0.3, 0.4) is 0 Å². The molecule has 0 spiro atoms. The van der Waals surface area contributed by atoms with Gasteiger partial charge in [0.05, 0.1) is 10.6 Å². The summed E-state index contributed by atoms with van der Waals surface area (Å²) in [7, 11) is 10.1. The number of carbonyl (C=O) groups excluding carboxylic acids is 1. The normalized spacial score (nSPS) is 11.0. The van der Waals surface area contributed by atoms with Crippen LogP contribution in [0.15, 0.2) is 47.4 Å². The lowest BCUT2D eigenvalue weighted by Gasteiger charge is -2.26. The van der Waals surface area contributed by atoms with E-state index in [1.54, 1.807) is 11.9 Å². The van der Waals surface area contributed by atoms with Gasteiger partial charge in [-0.25, -0.2) is 0 Å². The summed E-state index contributed by atoms with van der Waals surface area (Å²) in [6.45, 7) is 1.73. The van der Waals surface area contributed by atoms with Crippen LogP contribution < -0.4 is 9.64 Å². The van der Waals surface area contributed by atoms with E-state index in [0.717, 1.165) is 41.5 Å². The zero-order valence-electron chi connectivity index (χ0n) is 16.1. The monoisotopic (exact) mass is 373 g/mol. The molecule has 0 saturated heterocycles. The molecular weight excluding hydrogens is 346 g/mol. The van der Waals surface area contributed by atoms with Crippen molar-refractivity contribution in [1.29, 1.82) is 0 Å². The van der Waals surface area contributed by atoms with E-state index in [4.69, 9.17) is 4.74 Å². The van der Waals surface area contributed by atoms with Crippen molar-refractivity contribution in [2.75, 3.05) is 53.2 Å². The number of aldehydes is 1. The van der Waals surface area contributed by atoms with Gasteiger partial charge in [-0.05, 0) is 64.4 Å². The summed E-state index contributed by atoms with van der Waals surface area (Å²) in [6, 6.07) is 13.5. The Morgan fingerprint density at radius 2 is 1.69 bits per heavy atom. The van der Waals surface area contributed by atoms with Crippen molar-refractivity contribution in [3.63, 3.8) is 0 Å². The maximum atomic E-state index is 11.5. The van der Waals surface area contributed by atoms with Crippen LogP contribution in [0.4, 0.5) is 5.69 Å². The third-order valence-corrected chi connectivity index (χ3v) is 4.60. The number of rotatable bonds is 9. The van der Waals surface area contributed by atoms with E-state index in [9.17, 15) is 4.79 Å². The van der Waals surface area contributed by atoms with Gasteiger partial charge in [-0.1, -0.05) is 18.2 Å². The minimum atomic E-state index is 0.640. The number of para-hydroxylation sites is 1. The lowest BCUT2D eigenvalue weighted by Crippen LogP contribution is -2.28. The van der Waals surface area contributed by atoms with Crippen molar-refractivity contribution in [1.82, 2.24) is 9.21 Å². The van der Waals surface area contributed by atoms with Crippen molar-refractivity contribution >= 4 is 23.9 Å². The Hall–Kier alpha value is -2.02. The van der Waals surface area contributed by atoms with Crippen LogP contribution in [0, 0.1) is 0 Å². The molecule has 0 amide bonds. The van der Waals surface area contributed by atoms with Crippen molar-refractivity contribution < 1.29 is 9.53 Å². The quantitative estimate of drug-likeness (QED) is 0.491. The van der Waals surface area contributed by atoms with Crippen LogP contribution in [-0.4, -0.2) is 63.8 Å². The van der Waals surface area contributed by atoms with Crippen LogP contribution >= 0.6 is 11.9 Å². The predicted octanol–water partition coefficient (Wildman–Crippen LogP) is 3.86. The van der Waals surface area contributed by atoms with Crippen molar-refractivity contribution in [3.8, 4) is 11.5 Å². The van der Waals surface area contributed by atoms with Gasteiger partial charge in [-0.2, -0.15) is 0 Å². The van der Waals surface area contributed by atoms with Gasteiger partial charge in [-0.15, -0.1) is 0 Å². The van der Waals surface area contributed by atoms with E-state index in [1.807, 2.05) is 82.0 Å². The molecule has 0 bridgehead atoms. The fourth-order valence-corrected chi connectivity index (χ4v) is 3.22. The average molecular weight is 374 g/mol. The summed E-state index contributed by atoms with van der Waals surface area (Å²) in [5.74, 6) is 1.54. The molecule has 0 heterocycles. The van der Waals surface area contributed by atoms with Crippen LogP contribution in [0.1, 0.15) is 10.4 Å². The molecule has 2 aromatic rings. The first kappa shape index (κ1) is 20.3. The highest BCUT2D eigenvalue weighted by Crippen LogP contribution is 2.42. The van der Waals surface area contributed by atoms with E-state index in [0.29, 0.717) is 5.56 Å². The van der Waals surface area contributed by atoms with Crippen molar-refractivity contribution in [3.05, 3.63) is 48.0 Å². The third-order valence-electron chi connectivity index (χ3n) is 3.73. The molecule has 2 rings (SSSR count). The number of nitrogens with zero attached hydrogens (tertiary/aromatic N) is 3. The first-order chi connectivity index (χ1) is 12.4. The van der Waals surface area contributed by atoms with Crippen LogP contribution in [0.2, 0.25) is 0 Å². The summed E-state index contributed by atoms with van der Waals surface area (Å²) in [5.41, 5.74) is 1.55. The van der Waals surface area contributed by atoms with Crippen LogP contribution in [0.25, 0.3) is 0 Å². The standard InChI is InChI=1S/C20H27N3O2S/c1-21(2)11-12-23(5)18-13-16(15-24)14-19(26-22(3)4)20(18)25-17-9-7-6-8-10-17/h6-10,13-15H,11-12H2,1-5H3. The van der Waals surface area contributed by atoms with E-state index in [1.165, 1.54) is 0 Å². The molecule has 0 aliphatic carbocycles. The zero-order chi connectivity index (χ0) is 19.1. The maximum Gasteiger partial charge on any atom is 0.165 e. The molecule has 0 unspecified atom stereocenters. The van der Waals surface area contributed by atoms with E-state index in [2.05, 4.69) is 9.80 Å². The van der Waals surface area contributed by atoms with Crippen molar-refractivity contribution in [2.45, 2.75) is 4.90 Å². The van der Waals surface area contributed by atoms with Gasteiger partial charge in [0, 0.05) is 25.7 Å². The van der Waals surface area contributed by atoms with Crippen LogP contribution in [0.5, 0.6) is 11.5 Å². The average Bonchev–Trinajstić information content (AvgIpc) is 2.61. The summed E-state index contributed by atoms with van der Waals surface area (Å²) in [6.07, 6.45) is 0.884. The van der Waals surface area contributed by atoms with Gasteiger partial charge in [0.15, 0.2) is 5.75 Å². The smallest absolute Gasteiger partial charge is 0.165 e. The lowest BCUT2D eigenvalue weighted by molar-refractivity contribution is 0.112. The summed E-state index contributed by atoms with van der Waals surface area (Å²) in [4.78, 5) is 16.6. The Balaban J connectivity index is 2.48. The molecule has 5 nitrogen and oxygen atoms in total. The fraction of sp³-hybridized carbons (Fsp3) is 0.350. The van der Waals surface area contributed by atoms with Gasteiger partial charge < -0.3 is 14.5 Å². The lowest BCUT2D eigenvalue weighted by atomic mass is 10.2. The van der Waals surface area contributed by atoms with Crippen LogP contribution in [-0.2, 0) is 0 Å². The topological polar surface area (TPSA) is 36.0 Å². The predicted molar refractivity (Wildman–Crippen MR) is 110 cm³/mol. The molecule has 140 valence electrons. The number of benzene rings is 2. The number of hydrogen-bond acceptors (Lipinski definition) is 6. The Labute approximate surface area is 160 Å². The second-order valence-electron chi connectivity index (χ2n) is 6.53. The SMILES string of the molecule is CN(C)CCN(C)c1cc(C=O)cc(SN(C)C)c1Oc1ccccc1. The molecule has 0 fully saturated rings. The molecular formula is C20H27N3O2S. The van der Waals surface area contributed by atoms with E-state index >= 15 is 0 Å². The highest BCUT2D eigenvalue weighted by Gasteiger charge is 2.18. The Kier molecular flexibility index (Phi) is 7.50. The van der Waals surface area contributed by atoms with Gasteiger partial charge in [0.1, 0.15) is 12.0 Å². The van der Waals surface area contributed by atoms with E-state index < -0.39 is 0 Å². The number of anilines is 1. The molecule has 6 heteroatoms. The Bertz CT molecular complexity index is 720. The number of hydrogen-bond donors (Lipinski definition) is 0. The fourth-order valence-electron chi connectivity index (χ4n) is 2.40. The highest BCUT2D eigenvalue weighted by atomic mass is 32.2. The zero-order valence-corrected chi connectivity index (χ0v) is 16.9. The molecule has 0 aromatic heterocycles. The third kappa shape index (κ3) is 5.76. The summed E-state index contributed by atoms with van der Waals surface area (Å²) in [5, 5.41) is 0. The number of likely N-dealkylation sites (N-methyl/N-ethyl adjacent to an activating group) is 2. The molecule has 26 heavy (non-hydrogen) atoms. The van der Waals surface area contributed by atoms with Gasteiger partial charge in [0.2, 0.25) is 0 Å². The second kappa shape index (κ2) is 9.62. The maximum absolute atomic E-state index is 11.5. The second-order valence-corrected chi connectivity index (χ2v) is 7.88. The van der Waals surface area contributed by atoms with Crippen molar-refractivity contribution in [2.24, 2.45) is 0 Å². The highest BCUT2D eigenvalue weighted by molar-refractivity contribution is 7.97. The van der Waals surface area contributed by atoms with Gasteiger partial charge >= 0.3 is 0 Å². The first-order valence-corrected chi connectivity index (χ1v) is 9.25. The summed E-state index contributed by atoms with van der Waals surface area (Å²) < 4.78 is 8.24.